The number of fused-ring (bicyclic) bond motifs is 3. The molecule has 0 amide bonds. The van der Waals surface area contributed by atoms with Crippen molar-refractivity contribution in [3.8, 4) is 11.5 Å². The predicted octanol–water partition coefficient (Wildman–Crippen LogP) is 4.33. The fourth-order valence-electron chi connectivity index (χ4n) is 6.01. The Kier molecular flexibility index (Phi) is 7.08. The number of piperazine rings is 1. The summed E-state index contributed by atoms with van der Waals surface area (Å²) in [6, 6.07) is 17.8. The number of carboxylic acid groups (broad SMARTS) is 1. The van der Waals surface area contributed by atoms with Crippen LogP contribution in [0.1, 0.15) is 28.4 Å². The Morgan fingerprint density at radius 1 is 1.02 bits per heavy atom. The van der Waals surface area contributed by atoms with E-state index in [4.69, 9.17) is 9.47 Å². The first-order valence-electron chi connectivity index (χ1n) is 13.5. The molecule has 0 radical (unpaired) electrons. The Labute approximate surface area is 232 Å². The van der Waals surface area contributed by atoms with E-state index in [0.29, 0.717) is 18.7 Å². The average molecular weight is 545 g/mol. The Balaban J connectivity index is 1.28. The fourth-order valence-corrected chi connectivity index (χ4v) is 6.01. The number of halogens is 1. The summed E-state index contributed by atoms with van der Waals surface area (Å²) in [6.07, 6.45) is 0.379. The van der Waals surface area contributed by atoms with Crippen molar-refractivity contribution in [2.75, 3.05) is 45.3 Å². The van der Waals surface area contributed by atoms with Crippen LogP contribution in [0.2, 0.25) is 0 Å². The van der Waals surface area contributed by atoms with E-state index in [-0.39, 0.29) is 11.9 Å². The monoisotopic (exact) mass is 544 g/mol. The molecule has 2 aliphatic heterocycles. The number of hydrogen-bond acceptors (Lipinski definition) is 6. The number of H-pyrrole nitrogens is 1. The Hall–Kier alpha value is -4.08. The number of hydrogen-bond donors (Lipinski definition) is 3. The third-order valence-corrected chi connectivity index (χ3v) is 8.11. The van der Waals surface area contributed by atoms with Crippen molar-refractivity contribution in [1.82, 2.24) is 15.2 Å². The van der Waals surface area contributed by atoms with E-state index in [9.17, 15) is 14.3 Å². The van der Waals surface area contributed by atoms with Crippen LogP contribution >= 0.6 is 0 Å². The van der Waals surface area contributed by atoms with Crippen LogP contribution < -0.4 is 19.7 Å². The van der Waals surface area contributed by atoms with Gasteiger partial charge in [0.25, 0.3) is 0 Å². The zero-order valence-corrected chi connectivity index (χ0v) is 22.6. The van der Waals surface area contributed by atoms with E-state index in [1.54, 1.807) is 20.3 Å². The second-order valence-electron chi connectivity index (χ2n) is 10.4. The Morgan fingerprint density at radius 2 is 1.82 bits per heavy atom. The third kappa shape index (κ3) is 4.87. The van der Waals surface area contributed by atoms with E-state index in [1.165, 1.54) is 6.07 Å². The van der Waals surface area contributed by atoms with Gasteiger partial charge in [0.15, 0.2) is 0 Å². The number of aliphatic carboxylic acids is 1. The molecule has 3 N–H and O–H groups in total. The van der Waals surface area contributed by atoms with Crippen molar-refractivity contribution in [1.29, 1.82) is 0 Å². The summed E-state index contributed by atoms with van der Waals surface area (Å²) in [5.74, 6) is 0.444. The van der Waals surface area contributed by atoms with Gasteiger partial charge in [-0.3, -0.25) is 15.0 Å². The number of carboxylic acids is 1. The van der Waals surface area contributed by atoms with E-state index in [1.807, 2.05) is 42.5 Å². The maximum atomic E-state index is 14.3. The van der Waals surface area contributed by atoms with Crippen molar-refractivity contribution in [2.24, 2.45) is 0 Å². The SMILES string of the molecule is COc1ccc2[nH]c3c(c2c1)C[C@H](C(=O)O)N[C@@H]3c1ccc(OC)c(CN2CCN(c3ccccc3F)CC2)c1. The number of anilines is 1. The molecule has 8 nitrogen and oxygen atoms in total. The van der Waals surface area contributed by atoms with Gasteiger partial charge in [0, 0.05) is 61.3 Å². The van der Waals surface area contributed by atoms with Crippen LogP contribution in [0.5, 0.6) is 11.5 Å². The molecule has 2 aliphatic rings. The van der Waals surface area contributed by atoms with E-state index >= 15 is 0 Å². The molecule has 0 saturated carbocycles. The van der Waals surface area contributed by atoms with Gasteiger partial charge in [0.2, 0.25) is 0 Å². The molecule has 40 heavy (non-hydrogen) atoms. The molecular weight excluding hydrogens is 511 g/mol. The summed E-state index contributed by atoms with van der Waals surface area (Å²) in [5, 5.41) is 14.3. The predicted molar refractivity (Wildman–Crippen MR) is 152 cm³/mol. The van der Waals surface area contributed by atoms with Crippen molar-refractivity contribution in [3.63, 3.8) is 0 Å². The smallest absolute Gasteiger partial charge is 0.321 e. The molecule has 3 heterocycles. The highest BCUT2D eigenvalue weighted by atomic mass is 19.1. The maximum absolute atomic E-state index is 14.3. The second kappa shape index (κ2) is 10.8. The Bertz CT molecular complexity index is 1550. The number of rotatable bonds is 7. The Morgan fingerprint density at radius 3 is 2.55 bits per heavy atom. The number of carbonyl (C=O) groups is 1. The quantitative estimate of drug-likeness (QED) is 0.319. The van der Waals surface area contributed by atoms with Gasteiger partial charge in [-0.2, -0.15) is 0 Å². The standard InChI is InChI=1S/C31H33FN4O4/c1-39-21-8-9-25-22(16-21)23-17-26(31(37)38)34-29(30(23)33-25)19-7-10-28(40-2)20(15-19)18-35-11-13-36(14-12-35)27-6-4-3-5-24(27)32/h3-10,15-16,26,29,33-34H,11-14,17-18H2,1-2H3,(H,37,38)/t26-,29-/m1/s1. The maximum Gasteiger partial charge on any atom is 0.321 e. The molecule has 1 saturated heterocycles. The summed E-state index contributed by atoms with van der Waals surface area (Å²) in [4.78, 5) is 20.1. The molecule has 0 unspecified atom stereocenters. The molecule has 0 bridgehead atoms. The first-order valence-corrected chi connectivity index (χ1v) is 13.5. The van der Waals surface area contributed by atoms with Crippen molar-refractivity contribution < 1.29 is 23.8 Å². The van der Waals surface area contributed by atoms with Gasteiger partial charge >= 0.3 is 5.97 Å². The lowest BCUT2D eigenvalue weighted by atomic mass is 9.89. The zero-order valence-electron chi connectivity index (χ0n) is 22.6. The average Bonchev–Trinajstić information content (AvgIpc) is 3.35. The molecule has 4 aromatic rings. The molecule has 6 rings (SSSR count). The van der Waals surface area contributed by atoms with Crippen LogP contribution in [0.15, 0.2) is 60.7 Å². The minimum atomic E-state index is -0.880. The van der Waals surface area contributed by atoms with Crippen molar-refractivity contribution in [3.05, 3.63) is 88.9 Å². The lowest BCUT2D eigenvalue weighted by Crippen LogP contribution is -2.46. The first kappa shape index (κ1) is 26.2. The summed E-state index contributed by atoms with van der Waals surface area (Å²) in [6.45, 7) is 3.72. The number of para-hydroxylation sites is 1. The van der Waals surface area contributed by atoms with Crippen LogP contribution in [-0.2, 0) is 17.8 Å². The van der Waals surface area contributed by atoms with Gasteiger partial charge in [-0.05, 0) is 53.6 Å². The zero-order chi connectivity index (χ0) is 27.8. The summed E-state index contributed by atoms with van der Waals surface area (Å²) >= 11 is 0. The topological polar surface area (TPSA) is 90.1 Å². The van der Waals surface area contributed by atoms with E-state index in [2.05, 4.69) is 26.2 Å². The molecule has 1 aromatic heterocycles. The number of aromatic amines is 1. The van der Waals surface area contributed by atoms with Gasteiger partial charge in [-0.15, -0.1) is 0 Å². The van der Waals surface area contributed by atoms with Crippen LogP contribution in [0.4, 0.5) is 10.1 Å². The first-order chi connectivity index (χ1) is 19.4. The number of ether oxygens (including phenoxy) is 2. The van der Waals surface area contributed by atoms with Gasteiger partial charge in [0.1, 0.15) is 23.4 Å². The normalized spacial score (nSPS) is 19.4. The van der Waals surface area contributed by atoms with Gasteiger partial charge in [0.05, 0.1) is 25.9 Å². The number of nitrogens with one attached hydrogen (secondary N) is 2. The lowest BCUT2D eigenvalue weighted by molar-refractivity contribution is -0.139. The molecule has 1 fully saturated rings. The summed E-state index contributed by atoms with van der Waals surface area (Å²) < 4.78 is 25.5. The minimum Gasteiger partial charge on any atom is -0.497 e. The number of benzene rings is 3. The molecule has 0 aliphatic carbocycles. The highest BCUT2D eigenvalue weighted by molar-refractivity contribution is 5.88. The van der Waals surface area contributed by atoms with E-state index in [0.717, 1.165) is 71.0 Å². The largest absolute Gasteiger partial charge is 0.497 e. The number of nitrogens with zero attached hydrogens (tertiary/aromatic N) is 2. The summed E-state index contributed by atoms with van der Waals surface area (Å²) in [7, 11) is 3.29. The molecule has 208 valence electrons. The van der Waals surface area contributed by atoms with Crippen LogP contribution in [0.3, 0.4) is 0 Å². The van der Waals surface area contributed by atoms with Gasteiger partial charge < -0.3 is 24.5 Å². The van der Waals surface area contributed by atoms with Crippen molar-refractivity contribution in [2.45, 2.75) is 25.0 Å². The van der Waals surface area contributed by atoms with Crippen LogP contribution in [0.25, 0.3) is 10.9 Å². The van der Waals surface area contributed by atoms with E-state index < -0.39 is 12.0 Å². The molecule has 3 aromatic carbocycles. The fraction of sp³-hybridized carbons (Fsp3) is 0.323. The molecule has 9 heteroatoms. The molecule has 0 spiro atoms. The van der Waals surface area contributed by atoms with Crippen molar-refractivity contribution >= 4 is 22.6 Å². The highest BCUT2D eigenvalue weighted by Gasteiger charge is 2.34. The van der Waals surface area contributed by atoms with Crippen LogP contribution in [0, 0.1) is 5.82 Å². The third-order valence-electron chi connectivity index (χ3n) is 8.11. The molecular formula is C31H33FN4O4. The summed E-state index contributed by atoms with van der Waals surface area (Å²) in [5.41, 5.74) is 5.54. The highest BCUT2D eigenvalue weighted by Crippen LogP contribution is 2.38. The number of methoxy groups -OCH3 is 2. The van der Waals surface area contributed by atoms with Gasteiger partial charge in [-0.25, -0.2) is 4.39 Å². The van der Waals surface area contributed by atoms with Crippen LogP contribution in [-0.4, -0.2) is 67.4 Å². The number of aromatic nitrogens is 1. The lowest BCUT2D eigenvalue weighted by Gasteiger charge is -2.36. The molecule has 2 atom stereocenters. The second-order valence-corrected chi connectivity index (χ2v) is 10.4. The van der Waals surface area contributed by atoms with Gasteiger partial charge in [-0.1, -0.05) is 18.2 Å². The minimum absolute atomic E-state index is 0.195.